The van der Waals surface area contributed by atoms with Crippen LogP contribution in [0.25, 0.3) is 10.8 Å². The smallest absolute Gasteiger partial charge is 0.281 e. The van der Waals surface area contributed by atoms with Crippen LogP contribution in [0.2, 0.25) is 0 Å². The van der Waals surface area contributed by atoms with E-state index in [1.807, 2.05) is 42.5 Å². The Hall–Kier alpha value is -2.93. The number of likely N-dealkylation sites (tertiary alicyclic amines) is 1. The number of carbonyl (C=O) groups is 3. The SMILES string of the molecule is C[C@H]([NH3+])C(=O)N1CCC[C@H]1C(=O)N[C@@H](C)C(=O)Nc1ccc2ccccc2c1. The Kier molecular flexibility index (Phi) is 5.94. The molecule has 1 saturated heterocycles. The minimum Gasteiger partial charge on any atom is -0.348 e. The lowest BCUT2D eigenvalue weighted by Gasteiger charge is -2.25. The van der Waals surface area contributed by atoms with E-state index in [4.69, 9.17) is 0 Å². The van der Waals surface area contributed by atoms with Gasteiger partial charge in [-0.25, -0.2) is 0 Å². The van der Waals surface area contributed by atoms with E-state index in [9.17, 15) is 14.4 Å². The standard InChI is InChI=1S/C21H26N4O3/c1-13(22)21(28)25-11-5-8-18(25)20(27)23-14(2)19(26)24-17-10-9-15-6-3-4-7-16(15)12-17/h3-4,6-7,9-10,12-14,18H,5,8,11,22H2,1-2H3,(H,23,27)(H,24,26)/p+1/t13-,14-,18-/m0/s1. The first-order valence-electron chi connectivity index (χ1n) is 9.60. The van der Waals surface area contributed by atoms with Gasteiger partial charge in [0.2, 0.25) is 11.8 Å². The van der Waals surface area contributed by atoms with Gasteiger partial charge >= 0.3 is 0 Å². The van der Waals surface area contributed by atoms with Crippen molar-refractivity contribution in [2.75, 3.05) is 11.9 Å². The number of carbonyl (C=O) groups excluding carboxylic acids is 3. The van der Waals surface area contributed by atoms with Crippen molar-refractivity contribution in [1.29, 1.82) is 0 Å². The number of hydrogen-bond acceptors (Lipinski definition) is 3. The third-order valence-corrected chi connectivity index (χ3v) is 5.03. The number of quaternary nitrogens is 1. The Morgan fingerprint density at radius 1 is 1.11 bits per heavy atom. The van der Waals surface area contributed by atoms with Gasteiger partial charge in [0.1, 0.15) is 12.1 Å². The van der Waals surface area contributed by atoms with Crippen molar-refractivity contribution in [1.82, 2.24) is 10.2 Å². The molecule has 3 atom stereocenters. The first-order chi connectivity index (χ1) is 13.4. The van der Waals surface area contributed by atoms with Crippen molar-refractivity contribution < 1.29 is 20.1 Å². The van der Waals surface area contributed by atoms with Gasteiger partial charge in [0, 0.05) is 12.2 Å². The first-order valence-corrected chi connectivity index (χ1v) is 9.60. The molecule has 7 nitrogen and oxygen atoms in total. The van der Waals surface area contributed by atoms with E-state index in [-0.39, 0.29) is 17.7 Å². The minimum atomic E-state index is -0.714. The van der Waals surface area contributed by atoms with Crippen LogP contribution in [-0.2, 0) is 14.4 Å². The van der Waals surface area contributed by atoms with E-state index < -0.39 is 18.1 Å². The summed E-state index contributed by atoms with van der Waals surface area (Å²) in [6.45, 7) is 3.91. The van der Waals surface area contributed by atoms with E-state index in [0.717, 1.165) is 17.2 Å². The summed E-state index contributed by atoms with van der Waals surface area (Å²) < 4.78 is 0. The molecule has 0 unspecified atom stereocenters. The molecule has 0 radical (unpaired) electrons. The van der Waals surface area contributed by atoms with Gasteiger partial charge in [-0.1, -0.05) is 30.3 Å². The quantitative estimate of drug-likeness (QED) is 0.714. The molecule has 0 aliphatic carbocycles. The second-order valence-corrected chi connectivity index (χ2v) is 7.37. The predicted molar refractivity (Wildman–Crippen MR) is 107 cm³/mol. The largest absolute Gasteiger partial charge is 0.348 e. The van der Waals surface area contributed by atoms with Gasteiger partial charge in [0.05, 0.1) is 0 Å². The molecule has 0 bridgehead atoms. The molecule has 1 fully saturated rings. The van der Waals surface area contributed by atoms with Crippen molar-refractivity contribution in [2.45, 2.75) is 44.8 Å². The average molecular weight is 383 g/mol. The van der Waals surface area contributed by atoms with Gasteiger partial charge in [-0.15, -0.1) is 0 Å². The molecular formula is C21H27N4O3+. The van der Waals surface area contributed by atoms with Crippen molar-refractivity contribution >= 4 is 34.2 Å². The van der Waals surface area contributed by atoms with Crippen molar-refractivity contribution in [3.05, 3.63) is 42.5 Å². The van der Waals surface area contributed by atoms with Crippen LogP contribution in [0.3, 0.4) is 0 Å². The number of amides is 3. The summed E-state index contributed by atoms with van der Waals surface area (Å²) in [6.07, 6.45) is 1.37. The summed E-state index contributed by atoms with van der Waals surface area (Å²) in [6, 6.07) is 11.9. The van der Waals surface area contributed by atoms with Gasteiger partial charge in [-0.05, 0) is 49.6 Å². The van der Waals surface area contributed by atoms with Crippen molar-refractivity contribution in [3.63, 3.8) is 0 Å². The van der Waals surface area contributed by atoms with Crippen LogP contribution in [0, 0.1) is 0 Å². The number of hydrogen-bond donors (Lipinski definition) is 3. The van der Waals surface area contributed by atoms with Crippen LogP contribution in [-0.4, -0.2) is 47.3 Å². The number of anilines is 1. The number of rotatable bonds is 5. The van der Waals surface area contributed by atoms with Crippen LogP contribution in [0.1, 0.15) is 26.7 Å². The van der Waals surface area contributed by atoms with Crippen LogP contribution >= 0.6 is 0 Å². The average Bonchev–Trinajstić information content (AvgIpc) is 3.17. The highest BCUT2D eigenvalue weighted by Gasteiger charge is 2.37. The predicted octanol–water partition coefficient (Wildman–Crippen LogP) is 0.904. The highest BCUT2D eigenvalue weighted by molar-refractivity contribution is 5.99. The van der Waals surface area contributed by atoms with E-state index in [1.165, 1.54) is 0 Å². The lowest BCUT2D eigenvalue weighted by Crippen LogP contribution is -2.67. The van der Waals surface area contributed by atoms with E-state index >= 15 is 0 Å². The summed E-state index contributed by atoms with van der Waals surface area (Å²) in [4.78, 5) is 38.9. The number of fused-ring (bicyclic) bond motifs is 1. The molecule has 28 heavy (non-hydrogen) atoms. The molecule has 7 heteroatoms. The number of benzene rings is 2. The van der Waals surface area contributed by atoms with Crippen LogP contribution in [0.4, 0.5) is 5.69 Å². The monoisotopic (exact) mass is 383 g/mol. The Labute approximate surface area is 164 Å². The van der Waals surface area contributed by atoms with Crippen molar-refractivity contribution in [2.24, 2.45) is 0 Å². The fourth-order valence-electron chi connectivity index (χ4n) is 3.48. The summed E-state index contributed by atoms with van der Waals surface area (Å²) in [5.41, 5.74) is 4.42. The molecule has 0 aromatic heterocycles. The molecular weight excluding hydrogens is 356 g/mol. The second kappa shape index (κ2) is 8.39. The summed E-state index contributed by atoms with van der Waals surface area (Å²) in [5.74, 6) is -0.733. The number of nitrogens with one attached hydrogen (secondary N) is 2. The topological polar surface area (TPSA) is 106 Å². The fourth-order valence-corrected chi connectivity index (χ4v) is 3.48. The summed E-state index contributed by atoms with van der Waals surface area (Å²) in [5, 5.41) is 7.69. The zero-order chi connectivity index (χ0) is 20.3. The zero-order valence-corrected chi connectivity index (χ0v) is 16.3. The Balaban J connectivity index is 1.61. The van der Waals surface area contributed by atoms with Gasteiger partial charge in [0.25, 0.3) is 5.91 Å². The highest BCUT2D eigenvalue weighted by Crippen LogP contribution is 2.20. The third-order valence-electron chi connectivity index (χ3n) is 5.03. The van der Waals surface area contributed by atoms with Crippen molar-refractivity contribution in [3.8, 4) is 0 Å². The lowest BCUT2D eigenvalue weighted by molar-refractivity contribution is -0.400. The second-order valence-electron chi connectivity index (χ2n) is 7.37. The first kappa shape index (κ1) is 19.8. The third kappa shape index (κ3) is 4.31. The molecule has 148 valence electrons. The molecule has 3 rings (SSSR count). The molecule has 2 aromatic carbocycles. The molecule has 2 aromatic rings. The molecule has 0 saturated carbocycles. The normalized spacial score (nSPS) is 18.5. The maximum Gasteiger partial charge on any atom is 0.281 e. The summed E-state index contributed by atoms with van der Waals surface area (Å²) in [7, 11) is 0. The maximum absolute atomic E-state index is 12.6. The van der Waals surface area contributed by atoms with E-state index in [1.54, 1.807) is 18.7 Å². The molecule has 0 spiro atoms. The Morgan fingerprint density at radius 2 is 1.82 bits per heavy atom. The molecule has 1 heterocycles. The minimum absolute atomic E-state index is 0.133. The van der Waals surface area contributed by atoms with Gasteiger partial charge in [0.15, 0.2) is 6.04 Å². The fraction of sp³-hybridized carbons (Fsp3) is 0.381. The van der Waals surface area contributed by atoms with Gasteiger partial charge in [-0.2, -0.15) is 0 Å². The molecule has 1 aliphatic heterocycles. The summed E-state index contributed by atoms with van der Waals surface area (Å²) >= 11 is 0. The zero-order valence-electron chi connectivity index (χ0n) is 16.3. The highest BCUT2D eigenvalue weighted by atomic mass is 16.2. The van der Waals surface area contributed by atoms with Crippen LogP contribution < -0.4 is 16.4 Å². The van der Waals surface area contributed by atoms with E-state index in [2.05, 4.69) is 16.4 Å². The molecule has 3 amide bonds. The number of nitrogens with zero attached hydrogens (tertiary/aromatic N) is 1. The van der Waals surface area contributed by atoms with Gasteiger partial charge < -0.3 is 21.3 Å². The Morgan fingerprint density at radius 3 is 2.54 bits per heavy atom. The molecule has 1 aliphatic rings. The van der Waals surface area contributed by atoms with E-state index in [0.29, 0.717) is 18.7 Å². The van der Waals surface area contributed by atoms with Crippen LogP contribution in [0.5, 0.6) is 0 Å². The Bertz CT molecular complexity index is 896. The lowest BCUT2D eigenvalue weighted by atomic mass is 10.1. The van der Waals surface area contributed by atoms with Gasteiger partial charge in [-0.3, -0.25) is 14.4 Å². The maximum atomic E-state index is 12.6. The van der Waals surface area contributed by atoms with Crippen LogP contribution in [0.15, 0.2) is 42.5 Å². The molecule has 5 N–H and O–H groups in total.